The van der Waals surface area contributed by atoms with Crippen LogP contribution in [0.5, 0.6) is 0 Å². The molecule has 0 radical (unpaired) electrons. The third kappa shape index (κ3) is 2.73. The summed E-state index contributed by atoms with van der Waals surface area (Å²) < 4.78 is 5.69. The Balaban J connectivity index is 1.60. The van der Waals surface area contributed by atoms with Crippen LogP contribution in [0.3, 0.4) is 0 Å². The Bertz CT molecular complexity index is 265. The lowest BCUT2D eigenvalue weighted by Gasteiger charge is -2.38. The fourth-order valence-corrected chi connectivity index (χ4v) is 4.15. The van der Waals surface area contributed by atoms with Gasteiger partial charge in [-0.15, -0.1) is 0 Å². The normalized spacial score (nSPS) is 45.5. The molecule has 0 spiro atoms. The third-order valence-corrected chi connectivity index (χ3v) is 5.24. The highest BCUT2D eigenvalue weighted by atomic mass is 16.5. The van der Waals surface area contributed by atoms with E-state index in [4.69, 9.17) is 4.74 Å². The van der Waals surface area contributed by atoms with Crippen molar-refractivity contribution >= 4 is 0 Å². The molecular formula is C15H28N2O. The zero-order valence-corrected chi connectivity index (χ0v) is 11.7. The van der Waals surface area contributed by atoms with E-state index in [1.54, 1.807) is 0 Å². The number of hydrogen-bond donors (Lipinski definition) is 2. The molecule has 3 nitrogen and oxygen atoms in total. The fraction of sp³-hybridized carbons (Fsp3) is 1.00. The Kier molecular flexibility index (Phi) is 4.22. The second-order valence-corrected chi connectivity index (χ2v) is 6.40. The molecule has 0 aromatic carbocycles. The molecule has 1 saturated carbocycles. The molecule has 0 bridgehead atoms. The molecular weight excluding hydrogens is 224 g/mol. The van der Waals surface area contributed by atoms with Crippen molar-refractivity contribution < 1.29 is 4.74 Å². The van der Waals surface area contributed by atoms with Gasteiger partial charge in [0.15, 0.2) is 0 Å². The van der Waals surface area contributed by atoms with Crippen LogP contribution < -0.4 is 10.6 Å². The van der Waals surface area contributed by atoms with Gasteiger partial charge in [-0.25, -0.2) is 0 Å². The molecule has 2 N–H and O–H groups in total. The number of rotatable bonds is 3. The maximum atomic E-state index is 5.69. The average Bonchev–Trinajstić information content (AvgIpc) is 3.03. The van der Waals surface area contributed by atoms with E-state index in [2.05, 4.69) is 17.6 Å². The van der Waals surface area contributed by atoms with E-state index in [1.165, 1.54) is 51.5 Å². The van der Waals surface area contributed by atoms with Gasteiger partial charge in [-0.3, -0.25) is 0 Å². The molecule has 0 aromatic heterocycles. The number of ether oxygens (including phenoxy) is 1. The van der Waals surface area contributed by atoms with Crippen LogP contribution in [0.4, 0.5) is 0 Å². The lowest BCUT2D eigenvalue weighted by Crippen LogP contribution is -2.51. The maximum Gasteiger partial charge on any atom is 0.0700 e. The molecule has 5 atom stereocenters. The minimum Gasteiger partial charge on any atom is -0.377 e. The third-order valence-electron chi connectivity index (χ3n) is 5.24. The lowest BCUT2D eigenvalue weighted by molar-refractivity contribution is 0.103. The second kappa shape index (κ2) is 5.89. The standard InChI is InChI=1S/C15H28N2O/c1-11-13(8-10-18-11)17-15-6-3-2-5-12(15)14-7-4-9-16-14/h11-17H,2-10H2,1H3. The first kappa shape index (κ1) is 12.9. The van der Waals surface area contributed by atoms with E-state index in [0.717, 1.165) is 24.6 Å². The van der Waals surface area contributed by atoms with Crippen molar-refractivity contribution in [1.29, 1.82) is 0 Å². The van der Waals surface area contributed by atoms with E-state index >= 15 is 0 Å². The largest absolute Gasteiger partial charge is 0.377 e. The van der Waals surface area contributed by atoms with Gasteiger partial charge in [0.2, 0.25) is 0 Å². The van der Waals surface area contributed by atoms with E-state index in [0.29, 0.717) is 12.1 Å². The van der Waals surface area contributed by atoms with Crippen LogP contribution in [0.25, 0.3) is 0 Å². The van der Waals surface area contributed by atoms with Gasteiger partial charge >= 0.3 is 0 Å². The minimum absolute atomic E-state index is 0.407. The lowest BCUT2D eigenvalue weighted by atomic mass is 9.78. The quantitative estimate of drug-likeness (QED) is 0.806. The monoisotopic (exact) mass is 252 g/mol. The summed E-state index contributed by atoms with van der Waals surface area (Å²) in [7, 11) is 0. The van der Waals surface area contributed by atoms with Crippen molar-refractivity contribution in [2.45, 2.75) is 76.1 Å². The highest BCUT2D eigenvalue weighted by Gasteiger charge is 2.36. The Morgan fingerprint density at radius 1 is 1.00 bits per heavy atom. The highest BCUT2D eigenvalue weighted by Crippen LogP contribution is 2.31. The zero-order valence-electron chi connectivity index (χ0n) is 11.7. The molecule has 2 heterocycles. The van der Waals surface area contributed by atoms with Gasteiger partial charge in [0, 0.05) is 24.7 Å². The van der Waals surface area contributed by atoms with Gasteiger partial charge in [0.25, 0.3) is 0 Å². The molecule has 1 aliphatic carbocycles. The summed E-state index contributed by atoms with van der Waals surface area (Å²) in [6, 6.07) is 2.10. The Hall–Kier alpha value is -0.120. The Morgan fingerprint density at radius 2 is 1.89 bits per heavy atom. The minimum atomic E-state index is 0.407. The zero-order chi connectivity index (χ0) is 12.4. The molecule has 2 aliphatic heterocycles. The topological polar surface area (TPSA) is 33.3 Å². The first-order valence-corrected chi connectivity index (χ1v) is 7.95. The van der Waals surface area contributed by atoms with Gasteiger partial charge < -0.3 is 15.4 Å². The molecule has 3 rings (SSSR count). The Labute approximate surface area is 111 Å². The van der Waals surface area contributed by atoms with Crippen molar-refractivity contribution in [3.8, 4) is 0 Å². The van der Waals surface area contributed by atoms with Crippen molar-refractivity contribution in [3.05, 3.63) is 0 Å². The molecule has 3 heteroatoms. The van der Waals surface area contributed by atoms with Gasteiger partial charge in [-0.1, -0.05) is 12.8 Å². The van der Waals surface area contributed by atoms with Gasteiger partial charge in [0.1, 0.15) is 0 Å². The van der Waals surface area contributed by atoms with E-state index < -0.39 is 0 Å². The van der Waals surface area contributed by atoms with E-state index in [-0.39, 0.29) is 0 Å². The first-order chi connectivity index (χ1) is 8.84. The summed E-state index contributed by atoms with van der Waals surface area (Å²) in [6.45, 7) is 4.39. The summed E-state index contributed by atoms with van der Waals surface area (Å²) in [5.74, 6) is 0.856. The average molecular weight is 252 g/mol. The van der Waals surface area contributed by atoms with Gasteiger partial charge in [0.05, 0.1) is 6.10 Å². The number of hydrogen-bond acceptors (Lipinski definition) is 3. The second-order valence-electron chi connectivity index (χ2n) is 6.40. The summed E-state index contributed by atoms with van der Waals surface area (Å²) >= 11 is 0. The van der Waals surface area contributed by atoms with Crippen molar-refractivity contribution in [1.82, 2.24) is 10.6 Å². The van der Waals surface area contributed by atoms with Crippen LogP contribution in [0.15, 0.2) is 0 Å². The van der Waals surface area contributed by atoms with Crippen molar-refractivity contribution in [2.24, 2.45) is 5.92 Å². The van der Waals surface area contributed by atoms with Crippen LogP contribution in [-0.2, 0) is 4.74 Å². The van der Waals surface area contributed by atoms with Crippen molar-refractivity contribution in [2.75, 3.05) is 13.2 Å². The SMILES string of the molecule is CC1OCCC1NC1CCCCC1C1CCCN1. The summed E-state index contributed by atoms with van der Waals surface area (Å²) in [4.78, 5) is 0. The van der Waals surface area contributed by atoms with Crippen LogP contribution in [0.2, 0.25) is 0 Å². The molecule has 2 saturated heterocycles. The molecule has 104 valence electrons. The smallest absolute Gasteiger partial charge is 0.0700 e. The van der Waals surface area contributed by atoms with Crippen LogP contribution >= 0.6 is 0 Å². The number of nitrogens with one attached hydrogen (secondary N) is 2. The van der Waals surface area contributed by atoms with Gasteiger partial charge in [-0.05, 0) is 51.5 Å². The van der Waals surface area contributed by atoms with E-state index in [1.807, 2.05) is 0 Å². The summed E-state index contributed by atoms with van der Waals surface area (Å²) in [5, 5.41) is 7.65. The molecule has 18 heavy (non-hydrogen) atoms. The van der Waals surface area contributed by atoms with Crippen LogP contribution in [0, 0.1) is 5.92 Å². The van der Waals surface area contributed by atoms with Crippen LogP contribution in [0.1, 0.15) is 51.9 Å². The molecule has 3 aliphatic rings. The van der Waals surface area contributed by atoms with Crippen LogP contribution in [-0.4, -0.2) is 37.4 Å². The van der Waals surface area contributed by atoms with Gasteiger partial charge in [-0.2, -0.15) is 0 Å². The summed E-state index contributed by atoms with van der Waals surface area (Å²) in [5.41, 5.74) is 0. The molecule has 5 unspecified atom stereocenters. The maximum absolute atomic E-state index is 5.69. The molecule has 0 aromatic rings. The predicted octanol–water partition coefficient (Wildman–Crippen LogP) is 2.06. The predicted molar refractivity (Wildman–Crippen MR) is 73.7 cm³/mol. The molecule has 0 amide bonds. The highest BCUT2D eigenvalue weighted by molar-refractivity contribution is 4.94. The fourth-order valence-electron chi connectivity index (χ4n) is 4.15. The summed E-state index contributed by atoms with van der Waals surface area (Å²) in [6.07, 6.45) is 9.98. The van der Waals surface area contributed by atoms with E-state index in [9.17, 15) is 0 Å². The first-order valence-electron chi connectivity index (χ1n) is 7.95. The van der Waals surface area contributed by atoms with Crippen molar-refractivity contribution in [3.63, 3.8) is 0 Å². The Morgan fingerprint density at radius 3 is 2.61 bits per heavy atom. The molecule has 3 fully saturated rings.